The molecule has 104 valence electrons. The maximum absolute atomic E-state index is 13.8. The lowest BCUT2D eigenvalue weighted by atomic mass is 10.0. The van der Waals surface area contributed by atoms with Crippen molar-refractivity contribution in [3.05, 3.63) is 29.6 Å². The van der Waals surface area contributed by atoms with E-state index in [9.17, 15) is 9.18 Å². The molecule has 4 heteroatoms. The van der Waals surface area contributed by atoms with E-state index in [-0.39, 0.29) is 24.2 Å². The van der Waals surface area contributed by atoms with Gasteiger partial charge in [0.25, 0.3) is 0 Å². The molecule has 2 aliphatic heterocycles. The molecule has 2 heterocycles. The summed E-state index contributed by atoms with van der Waals surface area (Å²) < 4.78 is 18.9. The van der Waals surface area contributed by atoms with Gasteiger partial charge in [0, 0.05) is 11.6 Å². The predicted molar refractivity (Wildman–Crippen MR) is 73.2 cm³/mol. The molecule has 0 aliphatic carbocycles. The van der Waals surface area contributed by atoms with E-state index in [1.54, 1.807) is 6.07 Å². The van der Waals surface area contributed by atoms with Crippen LogP contribution in [0.25, 0.3) is 0 Å². The Labute approximate surface area is 117 Å². The van der Waals surface area contributed by atoms with Crippen LogP contribution in [0.2, 0.25) is 0 Å². The molecular formula is C16H16FNO2. The standard InChI is InChI=1S/C16H16FNO2/c1-2-9-20-14-7-6-11(10-12(14)17)16(19)15-13-5-3-4-8-18(13)15/h1,6-7,10,13,15H,3-5,8-9H2. The van der Waals surface area contributed by atoms with Crippen LogP contribution in [0.3, 0.4) is 0 Å². The van der Waals surface area contributed by atoms with Gasteiger partial charge in [0.15, 0.2) is 17.3 Å². The molecule has 2 saturated heterocycles. The number of halogens is 1. The summed E-state index contributed by atoms with van der Waals surface area (Å²) in [5.41, 5.74) is 0.412. The molecule has 1 aromatic rings. The molecule has 2 fully saturated rings. The molecule has 0 radical (unpaired) electrons. The molecular weight excluding hydrogens is 257 g/mol. The van der Waals surface area contributed by atoms with Gasteiger partial charge in [-0.25, -0.2) is 4.39 Å². The zero-order valence-electron chi connectivity index (χ0n) is 11.1. The second-order valence-corrected chi connectivity index (χ2v) is 5.25. The highest BCUT2D eigenvalue weighted by molar-refractivity contribution is 6.02. The quantitative estimate of drug-likeness (QED) is 0.479. The molecule has 20 heavy (non-hydrogen) atoms. The number of piperidine rings is 1. The maximum Gasteiger partial charge on any atom is 0.181 e. The van der Waals surface area contributed by atoms with Gasteiger partial charge in [-0.1, -0.05) is 12.3 Å². The first-order valence-electron chi connectivity index (χ1n) is 6.88. The Morgan fingerprint density at radius 3 is 3.00 bits per heavy atom. The van der Waals surface area contributed by atoms with E-state index in [0.29, 0.717) is 11.6 Å². The van der Waals surface area contributed by atoms with Crippen LogP contribution >= 0.6 is 0 Å². The van der Waals surface area contributed by atoms with E-state index in [2.05, 4.69) is 10.8 Å². The zero-order valence-corrected chi connectivity index (χ0v) is 11.1. The van der Waals surface area contributed by atoms with Crippen LogP contribution in [-0.2, 0) is 0 Å². The molecule has 3 atom stereocenters. The number of ether oxygens (including phenoxy) is 1. The third-order valence-corrected chi connectivity index (χ3v) is 4.02. The minimum atomic E-state index is -0.537. The lowest BCUT2D eigenvalue weighted by molar-refractivity contribution is 0.0974. The molecule has 0 amide bonds. The molecule has 0 bridgehead atoms. The monoisotopic (exact) mass is 273 g/mol. The molecule has 0 aromatic heterocycles. The molecule has 0 N–H and O–H groups in total. The molecule has 0 spiro atoms. The molecule has 0 saturated carbocycles. The molecule has 3 nitrogen and oxygen atoms in total. The van der Waals surface area contributed by atoms with Crippen molar-refractivity contribution in [3.63, 3.8) is 0 Å². The van der Waals surface area contributed by atoms with Gasteiger partial charge in [-0.3, -0.25) is 9.69 Å². The number of nitrogens with zero attached hydrogens (tertiary/aromatic N) is 1. The fourth-order valence-corrected chi connectivity index (χ4v) is 2.99. The Bertz CT molecular complexity index is 566. The van der Waals surface area contributed by atoms with E-state index in [1.807, 2.05) is 0 Å². The Hall–Kier alpha value is -1.86. The maximum atomic E-state index is 13.8. The average molecular weight is 273 g/mol. The molecule has 3 unspecified atom stereocenters. The Morgan fingerprint density at radius 1 is 1.50 bits per heavy atom. The van der Waals surface area contributed by atoms with E-state index >= 15 is 0 Å². The van der Waals surface area contributed by atoms with Gasteiger partial charge in [0.1, 0.15) is 6.61 Å². The van der Waals surface area contributed by atoms with Crippen molar-refractivity contribution in [2.75, 3.05) is 13.2 Å². The lowest BCUT2D eigenvalue weighted by Gasteiger charge is -2.08. The van der Waals surface area contributed by atoms with E-state index in [0.717, 1.165) is 19.4 Å². The van der Waals surface area contributed by atoms with Crippen LogP contribution in [0.15, 0.2) is 18.2 Å². The number of carbonyl (C=O) groups excluding carboxylic acids is 1. The number of rotatable bonds is 4. The number of Topliss-reactive ketones (excluding diaryl/α,β-unsaturated/α-hetero) is 1. The SMILES string of the molecule is C#CCOc1ccc(C(=O)C2C3CCCCN32)cc1F. The number of ketones is 1. The van der Waals surface area contributed by atoms with Crippen LogP contribution in [0.4, 0.5) is 4.39 Å². The first kappa shape index (κ1) is 13.1. The summed E-state index contributed by atoms with van der Waals surface area (Å²) in [7, 11) is 0. The molecule has 3 rings (SSSR count). The number of benzene rings is 1. The van der Waals surface area contributed by atoms with Gasteiger partial charge < -0.3 is 4.74 Å². The second kappa shape index (κ2) is 5.26. The summed E-state index contributed by atoms with van der Waals surface area (Å²) in [4.78, 5) is 14.6. The summed E-state index contributed by atoms with van der Waals surface area (Å²) in [6.45, 7) is 0.996. The zero-order chi connectivity index (χ0) is 14.1. The van der Waals surface area contributed by atoms with Gasteiger partial charge in [-0.05, 0) is 37.6 Å². The number of fused-ring (bicyclic) bond motifs is 1. The topological polar surface area (TPSA) is 29.3 Å². The van der Waals surface area contributed by atoms with E-state index in [4.69, 9.17) is 11.2 Å². The largest absolute Gasteiger partial charge is 0.478 e. The van der Waals surface area contributed by atoms with Gasteiger partial charge in [-0.2, -0.15) is 0 Å². The van der Waals surface area contributed by atoms with E-state index in [1.165, 1.54) is 18.6 Å². The molecule has 2 aliphatic rings. The van der Waals surface area contributed by atoms with Crippen molar-refractivity contribution in [1.29, 1.82) is 0 Å². The van der Waals surface area contributed by atoms with Crippen LogP contribution in [0, 0.1) is 18.2 Å². The van der Waals surface area contributed by atoms with Crippen molar-refractivity contribution in [1.82, 2.24) is 4.90 Å². The first-order valence-corrected chi connectivity index (χ1v) is 6.88. The first-order chi connectivity index (χ1) is 9.72. The van der Waals surface area contributed by atoms with Crippen molar-refractivity contribution in [2.24, 2.45) is 0 Å². The summed E-state index contributed by atoms with van der Waals surface area (Å²) in [6, 6.07) is 4.66. The van der Waals surface area contributed by atoms with Crippen molar-refractivity contribution < 1.29 is 13.9 Å². The van der Waals surface area contributed by atoms with Crippen molar-refractivity contribution in [3.8, 4) is 18.1 Å². The van der Waals surface area contributed by atoms with Crippen LogP contribution in [-0.4, -0.2) is 35.9 Å². The Balaban J connectivity index is 1.73. The summed E-state index contributed by atoms with van der Waals surface area (Å²) in [6.07, 6.45) is 8.46. The van der Waals surface area contributed by atoms with Gasteiger partial charge in [0.05, 0.1) is 6.04 Å². The minimum absolute atomic E-state index is 0.0132. The van der Waals surface area contributed by atoms with E-state index < -0.39 is 5.82 Å². The highest BCUT2D eigenvalue weighted by atomic mass is 19.1. The average Bonchev–Trinajstić information content (AvgIpc) is 3.19. The highest BCUT2D eigenvalue weighted by Crippen LogP contribution is 2.38. The van der Waals surface area contributed by atoms with Crippen LogP contribution in [0.1, 0.15) is 29.6 Å². The van der Waals surface area contributed by atoms with Crippen LogP contribution < -0.4 is 4.74 Å². The summed E-state index contributed by atoms with van der Waals surface area (Å²) in [5.74, 6) is 1.85. The number of hydrogen-bond acceptors (Lipinski definition) is 3. The normalized spacial score (nSPS) is 27.3. The fourth-order valence-electron chi connectivity index (χ4n) is 2.99. The number of carbonyl (C=O) groups is 1. The van der Waals surface area contributed by atoms with Gasteiger partial charge in [-0.15, -0.1) is 6.42 Å². The van der Waals surface area contributed by atoms with Crippen molar-refractivity contribution >= 4 is 5.78 Å². The summed E-state index contributed by atoms with van der Waals surface area (Å²) >= 11 is 0. The fraction of sp³-hybridized carbons (Fsp3) is 0.438. The summed E-state index contributed by atoms with van der Waals surface area (Å²) in [5, 5.41) is 0. The Morgan fingerprint density at radius 2 is 2.35 bits per heavy atom. The van der Waals surface area contributed by atoms with Crippen molar-refractivity contribution in [2.45, 2.75) is 31.3 Å². The van der Waals surface area contributed by atoms with Gasteiger partial charge >= 0.3 is 0 Å². The third-order valence-electron chi connectivity index (χ3n) is 4.02. The molecule has 1 aromatic carbocycles. The highest BCUT2D eigenvalue weighted by Gasteiger charge is 2.52. The lowest BCUT2D eigenvalue weighted by Crippen LogP contribution is -2.14. The smallest absolute Gasteiger partial charge is 0.181 e. The number of terminal acetylenes is 1. The number of hydrogen-bond donors (Lipinski definition) is 0. The van der Waals surface area contributed by atoms with Gasteiger partial charge in [0.2, 0.25) is 0 Å². The minimum Gasteiger partial charge on any atom is -0.478 e. The Kier molecular flexibility index (Phi) is 3.45. The third kappa shape index (κ3) is 2.30. The van der Waals surface area contributed by atoms with Crippen LogP contribution in [0.5, 0.6) is 5.75 Å². The second-order valence-electron chi connectivity index (χ2n) is 5.25. The predicted octanol–water partition coefficient (Wildman–Crippen LogP) is 2.26.